The highest BCUT2D eigenvalue weighted by Gasteiger charge is 2.37. The minimum Gasteiger partial charge on any atom is -0.494 e. The summed E-state index contributed by atoms with van der Waals surface area (Å²) in [5.41, 5.74) is 1.70. The van der Waals surface area contributed by atoms with Crippen LogP contribution in [0.2, 0.25) is 0 Å². The fourth-order valence-electron chi connectivity index (χ4n) is 3.49. The highest BCUT2D eigenvalue weighted by atomic mass is 19.1. The van der Waals surface area contributed by atoms with Crippen molar-refractivity contribution in [3.63, 3.8) is 0 Å². The molecule has 2 aliphatic rings. The van der Waals surface area contributed by atoms with Crippen molar-refractivity contribution in [3.05, 3.63) is 52.9 Å². The molecule has 1 saturated heterocycles. The number of halogens is 1. The van der Waals surface area contributed by atoms with Gasteiger partial charge in [-0.3, -0.25) is 9.59 Å². The quantitative estimate of drug-likeness (QED) is 0.609. The lowest BCUT2D eigenvalue weighted by Crippen LogP contribution is -2.42. The van der Waals surface area contributed by atoms with Crippen LogP contribution in [0.15, 0.2) is 29.4 Å². The predicted molar refractivity (Wildman–Crippen MR) is 114 cm³/mol. The van der Waals surface area contributed by atoms with Crippen LogP contribution in [0.25, 0.3) is 0 Å². The zero-order valence-corrected chi connectivity index (χ0v) is 18.5. The summed E-state index contributed by atoms with van der Waals surface area (Å²) in [6.07, 6.45) is -1.02. The Hall–Kier alpha value is -3.64. The van der Waals surface area contributed by atoms with Gasteiger partial charge in [-0.05, 0) is 30.7 Å². The van der Waals surface area contributed by atoms with E-state index in [1.165, 1.54) is 25.3 Å². The van der Waals surface area contributed by atoms with E-state index in [9.17, 15) is 14.0 Å². The van der Waals surface area contributed by atoms with Crippen LogP contribution < -0.4 is 10.1 Å². The SMILES string of the molecule is COc1cc(CNC(=O)c2cc(C3=NO[C@H]([C@H]4OC[C@H](C(=O)O)CO4)C3)nc(C)n2)ccc1F. The minimum absolute atomic E-state index is 0.0199. The number of carboxylic acid groups (broad SMARTS) is 1. The molecule has 2 aromatic rings. The van der Waals surface area contributed by atoms with E-state index in [0.717, 1.165) is 0 Å². The number of amides is 1. The standard InChI is InChI=1S/C22H23FN4O7/c1-11-25-15(16-7-19(34-27-16)22-32-9-13(10-33-22)21(29)30)6-17(26-11)20(28)24-8-12-3-4-14(23)18(5-12)31-2/h3-6,13,19,22H,7-10H2,1-2H3,(H,24,28)(H,29,30)/t13-,19-,22-/m0/s1. The number of aliphatic carboxylic acids is 1. The van der Waals surface area contributed by atoms with E-state index in [-0.39, 0.29) is 31.2 Å². The van der Waals surface area contributed by atoms with E-state index < -0.39 is 36.0 Å². The van der Waals surface area contributed by atoms with Gasteiger partial charge in [0.2, 0.25) is 0 Å². The number of oxime groups is 1. The smallest absolute Gasteiger partial charge is 0.311 e. The van der Waals surface area contributed by atoms with E-state index >= 15 is 0 Å². The summed E-state index contributed by atoms with van der Waals surface area (Å²) in [4.78, 5) is 37.7. The number of carbonyl (C=O) groups is 2. The van der Waals surface area contributed by atoms with Gasteiger partial charge >= 0.3 is 5.97 Å². The number of aryl methyl sites for hydroxylation is 1. The number of nitrogens with one attached hydrogen (secondary N) is 1. The molecular weight excluding hydrogens is 451 g/mol. The van der Waals surface area contributed by atoms with Crippen LogP contribution in [0.5, 0.6) is 5.75 Å². The average Bonchev–Trinajstić information content (AvgIpc) is 3.33. The van der Waals surface area contributed by atoms with Gasteiger partial charge in [-0.15, -0.1) is 0 Å². The largest absolute Gasteiger partial charge is 0.494 e. The fourth-order valence-corrected chi connectivity index (χ4v) is 3.49. The summed E-state index contributed by atoms with van der Waals surface area (Å²) in [5, 5.41) is 15.8. The lowest BCUT2D eigenvalue weighted by Gasteiger charge is -2.29. The van der Waals surface area contributed by atoms with Gasteiger partial charge in [0.1, 0.15) is 23.1 Å². The van der Waals surface area contributed by atoms with Crippen molar-refractivity contribution in [3.8, 4) is 5.75 Å². The molecule has 1 aromatic heterocycles. The van der Waals surface area contributed by atoms with Crippen molar-refractivity contribution in [2.45, 2.75) is 32.3 Å². The van der Waals surface area contributed by atoms with Gasteiger partial charge in [0, 0.05) is 13.0 Å². The zero-order chi connectivity index (χ0) is 24.2. The van der Waals surface area contributed by atoms with Crippen LogP contribution in [0.4, 0.5) is 4.39 Å². The molecule has 1 atom stereocenters. The number of hydrogen-bond donors (Lipinski definition) is 2. The number of benzene rings is 1. The van der Waals surface area contributed by atoms with Crippen LogP contribution in [0.1, 0.15) is 34.0 Å². The van der Waals surface area contributed by atoms with Gasteiger partial charge in [0.05, 0.1) is 26.0 Å². The number of carbonyl (C=O) groups excluding carboxylic acids is 1. The monoisotopic (exact) mass is 474 g/mol. The Morgan fingerprint density at radius 1 is 1.24 bits per heavy atom. The van der Waals surface area contributed by atoms with Gasteiger partial charge in [-0.2, -0.15) is 0 Å². The second kappa shape index (κ2) is 10.1. The number of methoxy groups -OCH3 is 1. The molecule has 12 heteroatoms. The summed E-state index contributed by atoms with van der Waals surface area (Å²) in [7, 11) is 1.37. The summed E-state index contributed by atoms with van der Waals surface area (Å²) in [5.74, 6) is -2.18. The Balaban J connectivity index is 1.38. The summed E-state index contributed by atoms with van der Waals surface area (Å²) >= 11 is 0. The molecule has 1 aromatic carbocycles. The van der Waals surface area contributed by atoms with Crippen LogP contribution in [0.3, 0.4) is 0 Å². The number of aromatic nitrogens is 2. The molecule has 180 valence electrons. The Labute approximate surface area is 193 Å². The second-order valence-corrected chi connectivity index (χ2v) is 7.79. The van der Waals surface area contributed by atoms with Gasteiger partial charge < -0.3 is 29.5 Å². The Morgan fingerprint density at radius 2 is 2.00 bits per heavy atom. The van der Waals surface area contributed by atoms with Crippen molar-refractivity contribution < 1.29 is 38.1 Å². The molecule has 0 spiro atoms. The maximum atomic E-state index is 13.6. The molecule has 0 bridgehead atoms. The van der Waals surface area contributed by atoms with Crippen molar-refractivity contribution in [2.24, 2.45) is 11.1 Å². The van der Waals surface area contributed by atoms with Crippen molar-refractivity contribution in [1.82, 2.24) is 15.3 Å². The van der Waals surface area contributed by atoms with Crippen molar-refractivity contribution in [1.29, 1.82) is 0 Å². The minimum atomic E-state index is -0.983. The fraction of sp³-hybridized carbons (Fsp3) is 0.409. The van der Waals surface area contributed by atoms with Gasteiger partial charge in [0.15, 0.2) is 24.0 Å². The van der Waals surface area contributed by atoms with Crippen LogP contribution >= 0.6 is 0 Å². The first-order valence-electron chi connectivity index (χ1n) is 10.5. The molecule has 0 aliphatic carbocycles. The highest BCUT2D eigenvalue weighted by Crippen LogP contribution is 2.24. The third kappa shape index (κ3) is 5.29. The molecule has 2 N–H and O–H groups in total. The number of carboxylic acids is 1. The van der Waals surface area contributed by atoms with Gasteiger partial charge in [-0.25, -0.2) is 14.4 Å². The van der Waals surface area contributed by atoms with Gasteiger partial charge in [-0.1, -0.05) is 11.2 Å². The first-order chi connectivity index (χ1) is 16.3. The lowest BCUT2D eigenvalue weighted by atomic mass is 10.1. The maximum absolute atomic E-state index is 13.6. The molecule has 0 saturated carbocycles. The van der Waals surface area contributed by atoms with Crippen molar-refractivity contribution >= 4 is 17.6 Å². The predicted octanol–water partition coefficient (Wildman–Crippen LogP) is 1.43. The van der Waals surface area contributed by atoms with Gasteiger partial charge in [0.25, 0.3) is 5.91 Å². The zero-order valence-electron chi connectivity index (χ0n) is 18.5. The second-order valence-electron chi connectivity index (χ2n) is 7.79. The van der Waals surface area contributed by atoms with E-state index in [1.54, 1.807) is 13.0 Å². The molecular formula is C22H23FN4O7. The number of nitrogens with zero attached hydrogens (tertiary/aromatic N) is 3. The van der Waals surface area contributed by atoms with Crippen LogP contribution in [-0.2, 0) is 25.7 Å². The first-order valence-corrected chi connectivity index (χ1v) is 10.5. The lowest BCUT2D eigenvalue weighted by molar-refractivity contribution is -0.244. The summed E-state index contributed by atoms with van der Waals surface area (Å²) < 4.78 is 29.5. The molecule has 3 heterocycles. The Kier molecular flexibility index (Phi) is 6.98. The Bertz CT molecular complexity index is 1120. The maximum Gasteiger partial charge on any atom is 0.311 e. The molecule has 1 fully saturated rings. The van der Waals surface area contributed by atoms with Crippen molar-refractivity contribution in [2.75, 3.05) is 20.3 Å². The summed E-state index contributed by atoms with van der Waals surface area (Å²) in [6.45, 7) is 1.84. The van der Waals surface area contributed by atoms with E-state index in [4.69, 9.17) is 24.2 Å². The first kappa shape index (κ1) is 23.5. The highest BCUT2D eigenvalue weighted by molar-refractivity contribution is 6.02. The molecule has 0 unspecified atom stereocenters. The van der Waals surface area contributed by atoms with E-state index in [2.05, 4.69) is 20.4 Å². The summed E-state index contributed by atoms with van der Waals surface area (Å²) in [6, 6.07) is 5.82. The van der Waals surface area contributed by atoms with E-state index in [0.29, 0.717) is 29.2 Å². The topological polar surface area (TPSA) is 141 Å². The number of rotatable bonds is 7. The molecule has 1 amide bonds. The average molecular weight is 474 g/mol. The molecule has 0 radical (unpaired) electrons. The van der Waals surface area contributed by atoms with Crippen LogP contribution in [-0.4, -0.2) is 65.4 Å². The van der Waals surface area contributed by atoms with Crippen LogP contribution in [0, 0.1) is 18.7 Å². The molecule has 34 heavy (non-hydrogen) atoms. The third-order valence-corrected chi connectivity index (χ3v) is 5.30. The van der Waals surface area contributed by atoms with E-state index in [1.807, 2.05) is 0 Å². The number of ether oxygens (including phenoxy) is 3. The molecule has 2 aliphatic heterocycles. The Morgan fingerprint density at radius 3 is 2.71 bits per heavy atom. The normalized spacial score (nSPS) is 22.0. The third-order valence-electron chi connectivity index (χ3n) is 5.30. The number of hydrogen-bond acceptors (Lipinski definition) is 9. The molecule has 4 rings (SSSR count). The molecule has 11 nitrogen and oxygen atoms in total.